The van der Waals surface area contributed by atoms with E-state index in [1.807, 2.05) is 13.8 Å². The number of terminal acetylenes is 1. The van der Waals surface area contributed by atoms with Gasteiger partial charge in [0.2, 0.25) is 5.91 Å². The van der Waals surface area contributed by atoms with Gasteiger partial charge in [-0.25, -0.2) is 0 Å². The standard InChI is InChI=1S/C18H25N3O3/c1-4-5-6-18(20-21-18)7-8-19-16(22)13-10-11-9-12(13)15-14(11)23-17(2,3)24-15/h1,11-15H,5-10H2,2-3H3,(H,19,22). The van der Waals surface area contributed by atoms with Crippen molar-refractivity contribution in [3.05, 3.63) is 0 Å². The van der Waals surface area contributed by atoms with Crippen LogP contribution in [0.25, 0.3) is 0 Å². The van der Waals surface area contributed by atoms with Crippen LogP contribution in [0.15, 0.2) is 10.2 Å². The van der Waals surface area contributed by atoms with Crippen molar-refractivity contribution in [2.24, 2.45) is 28.0 Å². The van der Waals surface area contributed by atoms with Crippen LogP contribution in [0.5, 0.6) is 0 Å². The van der Waals surface area contributed by atoms with E-state index in [4.69, 9.17) is 15.9 Å². The van der Waals surface area contributed by atoms with E-state index in [0.29, 0.717) is 18.9 Å². The molecule has 0 radical (unpaired) electrons. The molecule has 0 aromatic carbocycles. The summed E-state index contributed by atoms with van der Waals surface area (Å²) in [6.45, 7) is 4.51. The van der Waals surface area contributed by atoms with E-state index in [0.717, 1.165) is 25.7 Å². The summed E-state index contributed by atoms with van der Waals surface area (Å²) in [5.41, 5.74) is -0.328. The summed E-state index contributed by atoms with van der Waals surface area (Å²) in [4.78, 5) is 12.6. The number of amides is 1. The molecule has 1 saturated heterocycles. The highest BCUT2D eigenvalue weighted by molar-refractivity contribution is 5.79. The normalized spacial score (nSPS) is 39.5. The Morgan fingerprint density at radius 2 is 2.00 bits per heavy atom. The topological polar surface area (TPSA) is 72.3 Å². The maximum atomic E-state index is 12.6. The van der Waals surface area contributed by atoms with Gasteiger partial charge < -0.3 is 14.8 Å². The molecule has 2 aliphatic heterocycles. The van der Waals surface area contributed by atoms with Crippen LogP contribution in [0.2, 0.25) is 0 Å². The van der Waals surface area contributed by atoms with E-state index < -0.39 is 5.79 Å². The highest BCUT2D eigenvalue weighted by Gasteiger charge is 2.61. The second-order valence-corrected chi connectivity index (χ2v) is 7.99. The maximum absolute atomic E-state index is 12.6. The Kier molecular flexibility index (Phi) is 3.70. The summed E-state index contributed by atoms with van der Waals surface area (Å²) in [6.07, 6.45) is 9.67. The third kappa shape index (κ3) is 2.74. The first-order chi connectivity index (χ1) is 11.4. The third-order valence-electron chi connectivity index (χ3n) is 5.91. The minimum Gasteiger partial charge on any atom is -0.356 e. The molecule has 130 valence electrons. The predicted molar refractivity (Wildman–Crippen MR) is 86.8 cm³/mol. The van der Waals surface area contributed by atoms with Crippen molar-refractivity contribution >= 4 is 5.91 Å². The molecule has 5 atom stereocenters. The molecule has 6 nitrogen and oxygen atoms in total. The Hall–Kier alpha value is -1.45. The lowest BCUT2D eigenvalue weighted by Crippen LogP contribution is -2.42. The highest BCUT2D eigenvalue weighted by Crippen LogP contribution is 2.55. The van der Waals surface area contributed by atoms with E-state index in [1.165, 1.54) is 0 Å². The van der Waals surface area contributed by atoms with Crippen LogP contribution in [-0.2, 0) is 14.3 Å². The lowest BCUT2D eigenvalue weighted by atomic mass is 9.84. The average Bonchev–Trinajstić information content (AvgIpc) is 2.89. The molecule has 2 saturated carbocycles. The van der Waals surface area contributed by atoms with Gasteiger partial charge in [-0.15, -0.1) is 12.3 Å². The summed E-state index contributed by atoms with van der Waals surface area (Å²) in [5.74, 6) is 3.03. The molecule has 0 spiro atoms. The molecule has 5 unspecified atom stereocenters. The zero-order valence-corrected chi connectivity index (χ0v) is 14.3. The predicted octanol–water partition coefficient (Wildman–Crippen LogP) is 2.24. The molecule has 6 heteroatoms. The summed E-state index contributed by atoms with van der Waals surface area (Å²) >= 11 is 0. The zero-order valence-electron chi connectivity index (χ0n) is 14.3. The van der Waals surface area contributed by atoms with E-state index >= 15 is 0 Å². The quantitative estimate of drug-likeness (QED) is 0.759. The van der Waals surface area contributed by atoms with Gasteiger partial charge >= 0.3 is 0 Å². The number of carbonyl (C=O) groups is 1. The Labute approximate surface area is 142 Å². The van der Waals surface area contributed by atoms with Gasteiger partial charge in [0.05, 0.1) is 12.2 Å². The SMILES string of the molecule is C#CCCC1(CCNC(=O)C2CC3CC2C2OC(C)(C)OC32)N=N1. The number of hydrogen-bond acceptors (Lipinski definition) is 5. The molecule has 1 N–H and O–H groups in total. The zero-order chi connectivity index (χ0) is 16.9. The van der Waals surface area contributed by atoms with Gasteiger partial charge in [0, 0.05) is 31.7 Å². The number of rotatable bonds is 6. The fourth-order valence-corrected chi connectivity index (χ4v) is 4.74. The largest absolute Gasteiger partial charge is 0.356 e. The molecule has 1 amide bonds. The van der Waals surface area contributed by atoms with Crippen molar-refractivity contribution < 1.29 is 14.3 Å². The molecule has 4 rings (SSSR count). The first-order valence-corrected chi connectivity index (χ1v) is 8.94. The van der Waals surface area contributed by atoms with Crippen LogP contribution >= 0.6 is 0 Å². The third-order valence-corrected chi connectivity index (χ3v) is 5.91. The van der Waals surface area contributed by atoms with Crippen LogP contribution in [0.4, 0.5) is 0 Å². The van der Waals surface area contributed by atoms with E-state index in [9.17, 15) is 4.79 Å². The average molecular weight is 331 g/mol. The van der Waals surface area contributed by atoms with Crippen molar-refractivity contribution in [2.75, 3.05) is 6.54 Å². The lowest BCUT2D eigenvalue weighted by Gasteiger charge is -2.28. The Bertz CT molecular complexity index is 603. The van der Waals surface area contributed by atoms with Crippen molar-refractivity contribution in [2.45, 2.75) is 69.6 Å². The molecule has 24 heavy (non-hydrogen) atoms. The van der Waals surface area contributed by atoms with Crippen molar-refractivity contribution in [1.82, 2.24) is 5.32 Å². The molecule has 0 aromatic rings. The molecule has 4 aliphatic rings. The van der Waals surface area contributed by atoms with Gasteiger partial charge in [0.1, 0.15) is 0 Å². The van der Waals surface area contributed by atoms with Crippen LogP contribution < -0.4 is 5.32 Å². The van der Waals surface area contributed by atoms with Crippen LogP contribution in [0.1, 0.15) is 46.0 Å². The summed E-state index contributed by atoms with van der Waals surface area (Å²) < 4.78 is 12.1. The van der Waals surface area contributed by atoms with Crippen molar-refractivity contribution in [1.29, 1.82) is 0 Å². The fourth-order valence-electron chi connectivity index (χ4n) is 4.74. The van der Waals surface area contributed by atoms with Gasteiger partial charge in [-0.1, -0.05) is 0 Å². The second kappa shape index (κ2) is 5.53. The molecule has 0 aromatic heterocycles. The van der Waals surface area contributed by atoms with E-state index in [-0.39, 0.29) is 35.6 Å². The lowest BCUT2D eigenvalue weighted by molar-refractivity contribution is -0.158. The van der Waals surface area contributed by atoms with E-state index in [2.05, 4.69) is 21.5 Å². The minimum atomic E-state index is -0.518. The number of carbonyl (C=O) groups excluding carboxylic acids is 1. The fraction of sp³-hybridized carbons (Fsp3) is 0.833. The molecule has 2 bridgehead atoms. The number of hydrogen-bond donors (Lipinski definition) is 1. The van der Waals surface area contributed by atoms with Crippen molar-refractivity contribution in [3.8, 4) is 12.3 Å². The molecular formula is C18H25N3O3. The Morgan fingerprint density at radius 1 is 1.25 bits per heavy atom. The minimum absolute atomic E-state index is 0.0449. The van der Waals surface area contributed by atoms with Crippen LogP contribution in [-0.4, -0.2) is 36.1 Å². The molecule has 2 aliphatic carbocycles. The summed E-state index contributed by atoms with van der Waals surface area (Å²) in [5, 5.41) is 11.3. The van der Waals surface area contributed by atoms with E-state index in [1.54, 1.807) is 0 Å². The Balaban J connectivity index is 1.27. The van der Waals surface area contributed by atoms with Crippen LogP contribution in [0, 0.1) is 30.1 Å². The second-order valence-electron chi connectivity index (χ2n) is 7.99. The van der Waals surface area contributed by atoms with Gasteiger partial charge in [0.15, 0.2) is 11.4 Å². The molecular weight excluding hydrogens is 306 g/mol. The van der Waals surface area contributed by atoms with Gasteiger partial charge in [0.25, 0.3) is 0 Å². The summed E-state index contributed by atoms with van der Waals surface area (Å²) in [6, 6.07) is 0. The number of nitrogens with zero attached hydrogens (tertiary/aromatic N) is 2. The highest BCUT2D eigenvalue weighted by atomic mass is 16.8. The number of fused-ring (bicyclic) bond motifs is 5. The first kappa shape index (κ1) is 16.0. The monoisotopic (exact) mass is 331 g/mol. The maximum Gasteiger partial charge on any atom is 0.223 e. The number of ether oxygens (including phenoxy) is 2. The first-order valence-electron chi connectivity index (χ1n) is 8.94. The summed E-state index contributed by atoms with van der Waals surface area (Å²) in [7, 11) is 0. The molecule has 2 heterocycles. The smallest absolute Gasteiger partial charge is 0.223 e. The van der Waals surface area contributed by atoms with Gasteiger partial charge in [-0.3, -0.25) is 4.79 Å². The Morgan fingerprint density at radius 3 is 2.71 bits per heavy atom. The van der Waals surface area contributed by atoms with Gasteiger partial charge in [-0.2, -0.15) is 10.2 Å². The van der Waals surface area contributed by atoms with Crippen LogP contribution in [0.3, 0.4) is 0 Å². The van der Waals surface area contributed by atoms with Gasteiger partial charge in [-0.05, 0) is 38.5 Å². The van der Waals surface area contributed by atoms with Crippen molar-refractivity contribution in [3.63, 3.8) is 0 Å². The molecule has 3 fully saturated rings. The number of nitrogens with one attached hydrogen (secondary N) is 1.